The number of halogens is 1. The Bertz CT molecular complexity index is 2500. The van der Waals surface area contributed by atoms with Crippen molar-refractivity contribution >= 4 is 83.1 Å². The van der Waals surface area contributed by atoms with Gasteiger partial charge < -0.3 is 5.11 Å². The predicted octanol–water partition coefficient (Wildman–Crippen LogP) is 5.81. The highest BCUT2D eigenvalue weighted by Crippen LogP contribution is 2.44. The number of sulfonamides is 2. The minimum Gasteiger partial charge on any atom is -0.506 e. The molecule has 0 aliphatic carbocycles. The topological polar surface area (TPSA) is 240 Å². The molecule has 50 heavy (non-hydrogen) atoms. The normalized spacial score (nSPS) is 13.1. The molecule has 21 heteroatoms. The first-order valence-corrected chi connectivity index (χ1v) is 21.4. The van der Waals surface area contributed by atoms with Gasteiger partial charge in [0.25, 0.3) is 24.8 Å². The van der Waals surface area contributed by atoms with E-state index >= 15 is 0 Å². The van der Waals surface area contributed by atoms with Crippen molar-refractivity contribution < 1.29 is 43.7 Å². The van der Waals surface area contributed by atoms with Crippen LogP contribution in [-0.4, -0.2) is 66.3 Å². The number of hydrogen-bond donors (Lipinski definition) is 2. The molecule has 0 saturated heterocycles. The Labute approximate surface area is 293 Å². The summed E-state index contributed by atoms with van der Waals surface area (Å²) in [5, 5.41) is 30.4. The summed E-state index contributed by atoms with van der Waals surface area (Å²) in [6.45, 7) is 6.48. The first-order chi connectivity index (χ1) is 23.0. The second-order valence-electron chi connectivity index (χ2n) is 11.4. The molecule has 0 spiro atoms. The first kappa shape index (κ1) is 38.6. The predicted molar refractivity (Wildman–Crippen MR) is 186 cm³/mol. The first-order valence-electron chi connectivity index (χ1n) is 14.3. The number of benzene rings is 4. The van der Waals surface area contributed by atoms with Gasteiger partial charge in [-0.3, -0.25) is 14.8 Å². The second-order valence-corrected chi connectivity index (χ2v) is 19.4. The Morgan fingerprint density at radius 1 is 0.800 bits per heavy atom. The van der Waals surface area contributed by atoms with E-state index in [-0.39, 0.29) is 27.8 Å². The summed E-state index contributed by atoms with van der Waals surface area (Å²) < 4.78 is 107. The molecule has 0 fully saturated rings. The number of phenolic OH excluding ortho intramolecular Hbond substituents is 1. The molecule has 0 aromatic heterocycles. The number of phenols is 1. The van der Waals surface area contributed by atoms with Gasteiger partial charge in [-0.1, -0.05) is 18.2 Å². The van der Waals surface area contributed by atoms with Crippen LogP contribution in [0.1, 0.15) is 27.7 Å². The van der Waals surface area contributed by atoms with Crippen molar-refractivity contribution in [2.45, 2.75) is 59.4 Å². The van der Waals surface area contributed by atoms with E-state index in [2.05, 4.69) is 15.0 Å². The van der Waals surface area contributed by atoms with Crippen LogP contribution in [0.25, 0.3) is 10.8 Å². The highest BCUT2D eigenvalue weighted by Gasteiger charge is 2.34. The highest BCUT2D eigenvalue weighted by molar-refractivity contribution is 8.13. The van der Waals surface area contributed by atoms with Crippen molar-refractivity contribution in [3.05, 3.63) is 76.8 Å². The van der Waals surface area contributed by atoms with E-state index in [1.807, 2.05) is 0 Å². The average Bonchev–Trinajstić information content (AvgIpc) is 2.99. The van der Waals surface area contributed by atoms with E-state index in [0.717, 1.165) is 59.1 Å². The third kappa shape index (κ3) is 7.89. The quantitative estimate of drug-likeness (QED) is 0.0751. The van der Waals surface area contributed by atoms with Crippen LogP contribution < -0.4 is 4.72 Å². The SMILES string of the molecule is CC(C)N(C(C)C)S(=O)(=O)c1cc(N=Nc2ccc([N+](=O)[O-])cc2S(C)(=O)=O)c2c(NS(=O)(=O)c3cccc(S(=O)(=O)Cl)c3)cccc2c1O. The minimum absolute atomic E-state index is 0.194. The molecular weight excluding hydrogens is 758 g/mol. The number of nitro groups is 1. The lowest BCUT2D eigenvalue weighted by Gasteiger charge is -2.30. The van der Waals surface area contributed by atoms with Gasteiger partial charge in [-0.15, -0.1) is 10.2 Å². The van der Waals surface area contributed by atoms with Crippen LogP contribution in [0.3, 0.4) is 0 Å². The van der Waals surface area contributed by atoms with E-state index in [4.69, 9.17) is 10.7 Å². The molecule has 16 nitrogen and oxygen atoms in total. The van der Waals surface area contributed by atoms with Gasteiger partial charge >= 0.3 is 0 Å². The van der Waals surface area contributed by atoms with Crippen LogP contribution in [0.5, 0.6) is 5.75 Å². The van der Waals surface area contributed by atoms with E-state index in [0.29, 0.717) is 0 Å². The smallest absolute Gasteiger partial charge is 0.270 e. The number of nitro benzene ring substituents is 1. The molecule has 0 aliphatic rings. The summed E-state index contributed by atoms with van der Waals surface area (Å²) in [5.41, 5.74) is -1.56. The van der Waals surface area contributed by atoms with Crippen molar-refractivity contribution in [1.29, 1.82) is 0 Å². The number of rotatable bonds is 12. The van der Waals surface area contributed by atoms with Crippen molar-refractivity contribution in [3.63, 3.8) is 0 Å². The number of hydrogen-bond acceptors (Lipinski definition) is 13. The van der Waals surface area contributed by atoms with Gasteiger partial charge in [0.2, 0.25) is 10.0 Å². The summed E-state index contributed by atoms with van der Waals surface area (Å²) in [6.07, 6.45) is 0.787. The lowest BCUT2D eigenvalue weighted by atomic mass is 10.1. The molecule has 0 heterocycles. The second kappa shape index (κ2) is 13.8. The Balaban J connectivity index is 2.06. The summed E-state index contributed by atoms with van der Waals surface area (Å²) in [5.74, 6) is -0.770. The van der Waals surface area contributed by atoms with Crippen LogP contribution in [0.4, 0.5) is 22.7 Å². The molecule has 0 atom stereocenters. The van der Waals surface area contributed by atoms with Gasteiger partial charge in [-0.2, -0.15) is 4.31 Å². The fraction of sp³-hybridized carbons (Fsp3) is 0.241. The van der Waals surface area contributed by atoms with Crippen molar-refractivity contribution in [2.24, 2.45) is 10.2 Å². The van der Waals surface area contributed by atoms with E-state index < -0.39 is 87.0 Å². The van der Waals surface area contributed by atoms with Crippen LogP contribution in [-0.2, 0) is 38.9 Å². The van der Waals surface area contributed by atoms with Gasteiger partial charge in [0.15, 0.2) is 9.84 Å². The van der Waals surface area contributed by atoms with Crippen molar-refractivity contribution in [1.82, 2.24) is 4.31 Å². The number of fused-ring (bicyclic) bond motifs is 1. The number of azo groups is 1. The number of nitrogens with one attached hydrogen (secondary N) is 1. The van der Waals surface area contributed by atoms with E-state index in [9.17, 15) is 48.9 Å². The lowest BCUT2D eigenvalue weighted by Crippen LogP contribution is -2.41. The van der Waals surface area contributed by atoms with Gasteiger partial charge in [0, 0.05) is 51.9 Å². The van der Waals surface area contributed by atoms with E-state index in [1.54, 1.807) is 27.7 Å². The maximum atomic E-state index is 14.0. The molecule has 4 aromatic rings. The fourth-order valence-electron chi connectivity index (χ4n) is 5.15. The van der Waals surface area contributed by atoms with Gasteiger partial charge in [-0.25, -0.2) is 33.7 Å². The minimum atomic E-state index is -4.59. The molecule has 0 amide bonds. The van der Waals surface area contributed by atoms with Crippen LogP contribution in [0.15, 0.2) is 96.5 Å². The molecular formula is C29H30ClN5O11S4. The third-order valence-corrected chi connectivity index (χ3v) is 13.2. The molecule has 0 bridgehead atoms. The zero-order valence-corrected chi connectivity index (χ0v) is 30.9. The molecule has 0 aliphatic heterocycles. The third-order valence-electron chi connectivity index (χ3n) is 7.11. The zero-order chi connectivity index (χ0) is 37.6. The maximum Gasteiger partial charge on any atom is 0.270 e. The summed E-state index contributed by atoms with van der Waals surface area (Å²) in [7, 11) is -12.1. The fourth-order valence-corrected chi connectivity index (χ4v) is 9.91. The van der Waals surface area contributed by atoms with Crippen LogP contribution in [0.2, 0.25) is 0 Å². The molecule has 4 rings (SSSR count). The zero-order valence-electron chi connectivity index (χ0n) is 26.8. The monoisotopic (exact) mass is 787 g/mol. The molecule has 0 radical (unpaired) electrons. The van der Waals surface area contributed by atoms with Crippen LogP contribution >= 0.6 is 10.7 Å². The highest BCUT2D eigenvalue weighted by atomic mass is 35.7. The Morgan fingerprint density at radius 2 is 1.38 bits per heavy atom. The lowest BCUT2D eigenvalue weighted by molar-refractivity contribution is -0.385. The molecule has 0 saturated carbocycles. The molecule has 268 valence electrons. The van der Waals surface area contributed by atoms with Crippen molar-refractivity contribution in [3.8, 4) is 5.75 Å². The summed E-state index contributed by atoms with van der Waals surface area (Å²) in [4.78, 5) is 8.29. The molecule has 4 aromatic carbocycles. The number of aromatic hydroxyl groups is 1. The Morgan fingerprint density at radius 3 is 1.94 bits per heavy atom. The van der Waals surface area contributed by atoms with Gasteiger partial charge in [0.1, 0.15) is 21.2 Å². The summed E-state index contributed by atoms with van der Waals surface area (Å²) >= 11 is 0. The van der Waals surface area contributed by atoms with Gasteiger partial charge in [0.05, 0.1) is 26.1 Å². The molecule has 2 N–H and O–H groups in total. The Hall–Kier alpha value is -4.21. The number of anilines is 1. The maximum absolute atomic E-state index is 14.0. The largest absolute Gasteiger partial charge is 0.506 e. The van der Waals surface area contributed by atoms with Crippen molar-refractivity contribution in [2.75, 3.05) is 11.0 Å². The number of sulfone groups is 1. The van der Waals surface area contributed by atoms with E-state index in [1.165, 1.54) is 18.2 Å². The Kier molecular flexibility index (Phi) is 10.7. The molecule has 0 unspecified atom stereocenters. The van der Waals surface area contributed by atoms with Gasteiger partial charge in [-0.05, 0) is 64.1 Å². The number of nitrogens with zero attached hydrogens (tertiary/aromatic N) is 4. The summed E-state index contributed by atoms with van der Waals surface area (Å²) in [6, 6.07) is 10.5. The average molecular weight is 788 g/mol. The number of non-ortho nitro benzene ring substituents is 1. The standard InChI is InChI=1S/C29H30ClN5O11S4/c1-17(2)34(18(3)4)50(45,46)27-16-25(32-31-23-13-12-19(35(37)38)14-26(23)47(5,39)40)28-22(29(27)36)10-7-11-24(28)33-49(43,44)21-9-6-8-20(15-21)48(30,41)42/h6-18,33,36H,1-5H3. The van der Waals surface area contributed by atoms with Crippen LogP contribution in [0, 0.1) is 10.1 Å².